The van der Waals surface area contributed by atoms with E-state index in [-0.39, 0.29) is 23.5 Å². The maximum absolute atomic E-state index is 13.2. The third-order valence-electron chi connectivity index (χ3n) is 5.01. The molecule has 0 aromatic heterocycles. The van der Waals surface area contributed by atoms with E-state index in [9.17, 15) is 14.0 Å². The van der Waals surface area contributed by atoms with E-state index < -0.39 is 0 Å². The first-order valence-electron chi connectivity index (χ1n) is 10.3. The third kappa shape index (κ3) is 4.48. The molecule has 1 heterocycles. The molecule has 7 heteroatoms. The van der Waals surface area contributed by atoms with Crippen LogP contribution in [0.15, 0.2) is 59.5 Å². The van der Waals surface area contributed by atoms with Gasteiger partial charge in [0.1, 0.15) is 17.3 Å². The van der Waals surface area contributed by atoms with Gasteiger partial charge in [-0.25, -0.2) is 4.39 Å². The number of benzene rings is 3. The van der Waals surface area contributed by atoms with Crippen LogP contribution in [0.5, 0.6) is 11.5 Å². The van der Waals surface area contributed by atoms with Gasteiger partial charge in [0.05, 0.1) is 24.7 Å². The lowest BCUT2D eigenvalue weighted by atomic mass is 10.0. The molecule has 164 valence electrons. The second-order valence-electron chi connectivity index (χ2n) is 7.12. The van der Waals surface area contributed by atoms with Crippen LogP contribution in [-0.4, -0.2) is 29.3 Å². The van der Waals surface area contributed by atoms with Gasteiger partial charge in [0, 0.05) is 5.56 Å². The van der Waals surface area contributed by atoms with E-state index in [1.54, 1.807) is 18.2 Å². The van der Waals surface area contributed by atoms with Gasteiger partial charge in [-0.05, 0) is 78.4 Å². The maximum Gasteiger partial charge on any atom is 0.293 e. The van der Waals surface area contributed by atoms with Crippen LogP contribution in [0, 0.1) is 5.82 Å². The summed E-state index contributed by atoms with van der Waals surface area (Å²) in [7, 11) is 0. The van der Waals surface area contributed by atoms with Crippen molar-refractivity contribution in [3.63, 3.8) is 0 Å². The molecule has 1 fully saturated rings. The Balaban J connectivity index is 1.73. The number of ether oxygens (including phenoxy) is 2. The smallest absolute Gasteiger partial charge is 0.293 e. The molecule has 0 unspecified atom stereocenters. The third-order valence-corrected chi connectivity index (χ3v) is 5.92. The highest BCUT2D eigenvalue weighted by Crippen LogP contribution is 2.38. The van der Waals surface area contributed by atoms with E-state index in [1.807, 2.05) is 44.2 Å². The first-order chi connectivity index (χ1) is 15.5. The SMILES string of the molecule is CCOc1ccc2ccc(OCC)c(C=C3SC(=O)N(Cc4ccc(F)cc4)C3=O)c2c1. The van der Waals surface area contributed by atoms with Crippen molar-refractivity contribution >= 4 is 39.8 Å². The molecule has 2 amide bonds. The number of carbonyl (C=O) groups excluding carboxylic acids is 2. The molecular formula is C25H22FNO4S. The highest BCUT2D eigenvalue weighted by atomic mass is 32.2. The van der Waals surface area contributed by atoms with Crippen molar-refractivity contribution in [1.82, 2.24) is 4.90 Å². The van der Waals surface area contributed by atoms with Gasteiger partial charge in [0.2, 0.25) is 0 Å². The molecule has 3 aromatic carbocycles. The van der Waals surface area contributed by atoms with E-state index in [4.69, 9.17) is 9.47 Å². The molecule has 5 nitrogen and oxygen atoms in total. The van der Waals surface area contributed by atoms with Crippen molar-refractivity contribution in [3.8, 4) is 11.5 Å². The van der Waals surface area contributed by atoms with Crippen LogP contribution in [0.2, 0.25) is 0 Å². The lowest BCUT2D eigenvalue weighted by Gasteiger charge is -2.13. The van der Waals surface area contributed by atoms with E-state index in [1.165, 1.54) is 17.0 Å². The monoisotopic (exact) mass is 451 g/mol. The minimum absolute atomic E-state index is 0.0879. The molecular weight excluding hydrogens is 429 g/mol. The first kappa shape index (κ1) is 21.9. The van der Waals surface area contributed by atoms with Gasteiger partial charge in [-0.1, -0.05) is 24.3 Å². The van der Waals surface area contributed by atoms with E-state index in [2.05, 4.69) is 0 Å². The Morgan fingerprint density at radius 3 is 2.41 bits per heavy atom. The van der Waals surface area contributed by atoms with Crippen molar-refractivity contribution in [2.24, 2.45) is 0 Å². The van der Waals surface area contributed by atoms with Crippen molar-refractivity contribution in [1.29, 1.82) is 0 Å². The number of amides is 2. The standard InChI is InChI=1S/C25H22FNO4S/c1-3-30-19-11-7-17-8-12-22(31-4-2)21(20(17)13-19)14-23-24(28)27(25(29)32-23)15-16-5-9-18(26)10-6-16/h5-14H,3-4,15H2,1-2H3. The number of thioether (sulfide) groups is 1. The van der Waals surface area contributed by atoms with Crippen molar-refractivity contribution in [2.75, 3.05) is 13.2 Å². The zero-order valence-electron chi connectivity index (χ0n) is 17.8. The van der Waals surface area contributed by atoms with Gasteiger partial charge >= 0.3 is 0 Å². The zero-order chi connectivity index (χ0) is 22.7. The molecule has 1 aliphatic rings. The summed E-state index contributed by atoms with van der Waals surface area (Å²) in [5, 5.41) is 1.47. The fraction of sp³-hybridized carbons (Fsp3) is 0.200. The number of rotatable bonds is 7. The van der Waals surface area contributed by atoms with E-state index >= 15 is 0 Å². The number of carbonyl (C=O) groups is 2. The summed E-state index contributed by atoms with van der Waals surface area (Å²) >= 11 is 0.886. The van der Waals surface area contributed by atoms with Crippen LogP contribution in [0.1, 0.15) is 25.0 Å². The second kappa shape index (κ2) is 9.44. The van der Waals surface area contributed by atoms with Gasteiger partial charge in [-0.15, -0.1) is 0 Å². The predicted octanol–water partition coefficient (Wildman–Crippen LogP) is 6.01. The quantitative estimate of drug-likeness (QED) is 0.412. The first-order valence-corrected chi connectivity index (χ1v) is 11.1. The minimum atomic E-state index is -0.385. The van der Waals surface area contributed by atoms with Crippen molar-refractivity contribution in [2.45, 2.75) is 20.4 Å². The highest BCUT2D eigenvalue weighted by Gasteiger charge is 2.35. The molecule has 4 rings (SSSR count). The zero-order valence-corrected chi connectivity index (χ0v) is 18.6. The highest BCUT2D eigenvalue weighted by molar-refractivity contribution is 8.18. The topological polar surface area (TPSA) is 55.8 Å². The number of nitrogens with zero attached hydrogens (tertiary/aromatic N) is 1. The minimum Gasteiger partial charge on any atom is -0.494 e. The Labute approximate surface area is 189 Å². The maximum atomic E-state index is 13.2. The molecule has 0 radical (unpaired) electrons. The van der Waals surface area contributed by atoms with Crippen LogP contribution in [0.25, 0.3) is 16.8 Å². The lowest BCUT2D eigenvalue weighted by Crippen LogP contribution is -2.27. The summed E-state index contributed by atoms with van der Waals surface area (Å²) in [6.07, 6.45) is 1.71. The van der Waals surface area contributed by atoms with Crippen LogP contribution in [0.3, 0.4) is 0 Å². The summed E-state index contributed by atoms with van der Waals surface area (Å²) in [5.41, 5.74) is 1.40. The van der Waals surface area contributed by atoms with Gasteiger partial charge in [-0.3, -0.25) is 14.5 Å². The molecule has 1 saturated heterocycles. The summed E-state index contributed by atoms with van der Waals surface area (Å²) < 4.78 is 24.6. The predicted molar refractivity (Wildman–Crippen MR) is 124 cm³/mol. The fourth-order valence-electron chi connectivity index (χ4n) is 3.53. The molecule has 0 spiro atoms. The molecule has 0 bridgehead atoms. The number of fused-ring (bicyclic) bond motifs is 1. The molecule has 1 aliphatic heterocycles. The van der Waals surface area contributed by atoms with Gasteiger partial charge in [0.15, 0.2) is 0 Å². The summed E-state index contributed by atoms with van der Waals surface area (Å²) in [6, 6.07) is 15.3. The molecule has 32 heavy (non-hydrogen) atoms. The van der Waals surface area contributed by atoms with Gasteiger partial charge in [0.25, 0.3) is 11.1 Å². The Morgan fingerprint density at radius 1 is 0.969 bits per heavy atom. The Hall–Kier alpha value is -3.32. The second-order valence-corrected chi connectivity index (χ2v) is 8.11. The average molecular weight is 452 g/mol. The molecule has 0 atom stereocenters. The molecule has 0 aliphatic carbocycles. The molecule has 3 aromatic rings. The molecule has 0 N–H and O–H groups in total. The number of hydrogen-bond donors (Lipinski definition) is 0. The normalized spacial score (nSPS) is 15.1. The average Bonchev–Trinajstić information content (AvgIpc) is 3.04. The Morgan fingerprint density at radius 2 is 1.69 bits per heavy atom. The van der Waals surface area contributed by atoms with Crippen LogP contribution < -0.4 is 9.47 Å². The van der Waals surface area contributed by atoms with Crippen molar-refractivity contribution < 1.29 is 23.5 Å². The number of imide groups is 1. The summed E-state index contributed by atoms with van der Waals surface area (Å²) in [6.45, 7) is 4.89. The summed E-state index contributed by atoms with van der Waals surface area (Å²) in [5.74, 6) is 0.588. The number of halogens is 1. The Kier molecular flexibility index (Phi) is 6.46. The Bertz CT molecular complexity index is 1200. The van der Waals surface area contributed by atoms with Gasteiger partial charge < -0.3 is 9.47 Å². The van der Waals surface area contributed by atoms with E-state index in [0.29, 0.717) is 35.2 Å². The van der Waals surface area contributed by atoms with Gasteiger partial charge in [-0.2, -0.15) is 0 Å². The lowest BCUT2D eigenvalue weighted by molar-refractivity contribution is -0.123. The van der Waals surface area contributed by atoms with Crippen LogP contribution in [-0.2, 0) is 11.3 Å². The number of hydrogen-bond acceptors (Lipinski definition) is 5. The van der Waals surface area contributed by atoms with Crippen molar-refractivity contribution in [3.05, 3.63) is 76.4 Å². The largest absolute Gasteiger partial charge is 0.494 e. The van der Waals surface area contributed by atoms with E-state index in [0.717, 1.165) is 28.1 Å². The summed E-state index contributed by atoms with van der Waals surface area (Å²) in [4.78, 5) is 27.1. The van der Waals surface area contributed by atoms with Crippen LogP contribution >= 0.6 is 11.8 Å². The fourth-order valence-corrected chi connectivity index (χ4v) is 4.35. The van der Waals surface area contributed by atoms with Crippen LogP contribution in [0.4, 0.5) is 9.18 Å². The molecule has 0 saturated carbocycles.